The van der Waals surface area contributed by atoms with Crippen LogP contribution < -0.4 is 15.5 Å². The molecule has 1 aliphatic heterocycles. The zero-order valence-corrected chi connectivity index (χ0v) is 20.1. The van der Waals surface area contributed by atoms with Crippen molar-refractivity contribution in [2.45, 2.75) is 25.3 Å². The predicted octanol–water partition coefficient (Wildman–Crippen LogP) is 4.84. The molecule has 5 rings (SSSR count). The van der Waals surface area contributed by atoms with Gasteiger partial charge in [-0.2, -0.15) is 0 Å². The van der Waals surface area contributed by atoms with E-state index >= 15 is 0 Å². The average Bonchev–Trinajstić information content (AvgIpc) is 3.28. The summed E-state index contributed by atoms with van der Waals surface area (Å²) < 4.78 is 0. The molecule has 36 heavy (non-hydrogen) atoms. The summed E-state index contributed by atoms with van der Waals surface area (Å²) in [7, 11) is 0. The molecule has 3 N–H and O–H groups in total. The van der Waals surface area contributed by atoms with Gasteiger partial charge in [-0.15, -0.1) is 0 Å². The van der Waals surface area contributed by atoms with Crippen LogP contribution in [0.25, 0.3) is 10.9 Å². The van der Waals surface area contributed by atoms with Crippen molar-refractivity contribution in [1.29, 1.82) is 0 Å². The van der Waals surface area contributed by atoms with Gasteiger partial charge in [0, 0.05) is 59.4 Å². The summed E-state index contributed by atoms with van der Waals surface area (Å²) >= 11 is 6.14. The third kappa shape index (κ3) is 4.94. The lowest BCUT2D eigenvalue weighted by Crippen LogP contribution is -2.37. The number of hydrogen-bond acceptors (Lipinski definition) is 4. The molecule has 3 heterocycles. The number of piperidine rings is 1. The number of amides is 3. The van der Waals surface area contributed by atoms with Crippen molar-refractivity contribution in [3.63, 3.8) is 0 Å². The number of pyridine rings is 1. The third-order valence-electron chi connectivity index (χ3n) is 6.24. The van der Waals surface area contributed by atoms with Gasteiger partial charge in [0.25, 0.3) is 11.8 Å². The monoisotopic (exact) mass is 501 g/mol. The van der Waals surface area contributed by atoms with Crippen LogP contribution in [0.15, 0.2) is 73.2 Å². The number of aromatic amines is 1. The fourth-order valence-corrected chi connectivity index (χ4v) is 4.54. The van der Waals surface area contributed by atoms with Gasteiger partial charge >= 0.3 is 0 Å². The Bertz CT molecular complexity index is 1420. The summed E-state index contributed by atoms with van der Waals surface area (Å²) in [5, 5.41) is 7.08. The van der Waals surface area contributed by atoms with E-state index in [1.165, 1.54) is 0 Å². The SMILES string of the molecule is O=C(NC(C(=O)Nc1ccc(N2CCCCC2=O)cc1)c1ccncc1)c1ccc2c(Cl)c[nH]c2c1. The smallest absolute Gasteiger partial charge is 0.252 e. The van der Waals surface area contributed by atoms with Gasteiger partial charge in [-0.05, 0) is 66.9 Å². The first-order chi connectivity index (χ1) is 17.5. The summed E-state index contributed by atoms with van der Waals surface area (Å²) in [6.07, 6.45) is 7.24. The number of anilines is 2. The van der Waals surface area contributed by atoms with Crippen LogP contribution in [0.1, 0.15) is 41.2 Å². The first-order valence-corrected chi connectivity index (χ1v) is 12.1. The molecule has 1 aliphatic rings. The molecule has 0 aliphatic carbocycles. The van der Waals surface area contributed by atoms with Crippen LogP contribution >= 0.6 is 11.6 Å². The van der Waals surface area contributed by atoms with E-state index in [4.69, 9.17) is 11.6 Å². The Hall–Kier alpha value is -4.17. The van der Waals surface area contributed by atoms with E-state index in [0.717, 1.165) is 29.4 Å². The van der Waals surface area contributed by atoms with Crippen molar-refractivity contribution in [3.8, 4) is 0 Å². The second-order valence-corrected chi connectivity index (χ2v) is 9.03. The molecule has 9 heteroatoms. The summed E-state index contributed by atoms with van der Waals surface area (Å²) in [6, 6.07) is 14.7. The highest BCUT2D eigenvalue weighted by molar-refractivity contribution is 6.35. The second kappa shape index (κ2) is 10.2. The molecule has 0 spiro atoms. The molecule has 8 nitrogen and oxygen atoms in total. The summed E-state index contributed by atoms with van der Waals surface area (Å²) in [5.41, 5.74) is 3.07. The van der Waals surface area contributed by atoms with E-state index < -0.39 is 17.9 Å². The van der Waals surface area contributed by atoms with Gasteiger partial charge in [-0.25, -0.2) is 0 Å². The molecule has 1 fully saturated rings. The number of nitrogens with one attached hydrogen (secondary N) is 3. The van der Waals surface area contributed by atoms with E-state index in [1.807, 2.05) is 12.1 Å². The molecule has 1 unspecified atom stereocenters. The minimum Gasteiger partial charge on any atom is -0.360 e. The molecular formula is C27H24ClN5O3. The van der Waals surface area contributed by atoms with Gasteiger partial charge in [-0.3, -0.25) is 19.4 Å². The van der Waals surface area contributed by atoms with Gasteiger partial charge in [-0.1, -0.05) is 17.7 Å². The van der Waals surface area contributed by atoms with Gasteiger partial charge < -0.3 is 20.5 Å². The van der Waals surface area contributed by atoms with Crippen LogP contribution in [0.5, 0.6) is 0 Å². The second-order valence-electron chi connectivity index (χ2n) is 8.62. The van der Waals surface area contributed by atoms with Gasteiger partial charge in [0.15, 0.2) is 0 Å². The van der Waals surface area contributed by atoms with Gasteiger partial charge in [0.2, 0.25) is 5.91 Å². The maximum Gasteiger partial charge on any atom is 0.252 e. The molecule has 3 amide bonds. The molecule has 0 saturated carbocycles. The van der Waals surface area contributed by atoms with Crippen LogP contribution in [-0.4, -0.2) is 34.2 Å². The van der Waals surface area contributed by atoms with Gasteiger partial charge in [0.1, 0.15) is 6.04 Å². The number of fused-ring (bicyclic) bond motifs is 1. The number of rotatable bonds is 6. The zero-order valence-electron chi connectivity index (χ0n) is 19.3. The van der Waals surface area contributed by atoms with Crippen LogP contribution in [-0.2, 0) is 9.59 Å². The van der Waals surface area contributed by atoms with Crippen molar-refractivity contribution < 1.29 is 14.4 Å². The molecule has 1 saturated heterocycles. The highest BCUT2D eigenvalue weighted by Gasteiger charge is 2.24. The molecular weight excluding hydrogens is 478 g/mol. The Morgan fingerprint density at radius 3 is 2.56 bits per heavy atom. The number of halogens is 1. The summed E-state index contributed by atoms with van der Waals surface area (Å²) in [4.78, 5) is 47.4. The number of carbonyl (C=O) groups excluding carboxylic acids is 3. The Morgan fingerprint density at radius 1 is 1.03 bits per heavy atom. The van der Waals surface area contributed by atoms with E-state index in [0.29, 0.717) is 34.8 Å². The third-order valence-corrected chi connectivity index (χ3v) is 6.55. The molecule has 0 radical (unpaired) electrons. The lowest BCUT2D eigenvalue weighted by Gasteiger charge is -2.27. The molecule has 2 aromatic heterocycles. The Balaban J connectivity index is 1.34. The molecule has 182 valence electrons. The van der Waals surface area contributed by atoms with Crippen LogP contribution in [0, 0.1) is 0 Å². The van der Waals surface area contributed by atoms with E-state index in [2.05, 4.69) is 20.6 Å². The summed E-state index contributed by atoms with van der Waals surface area (Å²) in [5.74, 6) is -0.697. The zero-order chi connectivity index (χ0) is 25.1. The van der Waals surface area contributed by atoms with Crippen LogP contribution in [0.4, 0.5) is 11.4 Å². The van der Waals surface area contributed by atoms with E-state index in [1.54, 1.807) is 66.0 Å². The standard InChI is InChI=1S/C27H24ClN5O3/c28-22-16-30-23-15-18(4-9-21(22)23)26(35)32-25(17-10-12-29-13-11-17)27(36)31-19-5-7-20(8-6-19)33-14-2-1-3-24(33)34/h4-13,15-16,25,30H,1-3,14H2,(H,31,36)(H,32,35). The van der Waals surface area contributed by atoms with Crippen molar-refractivity contribution in [2.75, 3.05) is 16.8 Å². The largest absolute Gasteiger partial charge is 0.360 e. The lowest BCUT2D eigenvalue weighted by atomic mass is 10.1. The van der Waals surface area contributed by atoms with E-state index in [9.17, 15) is 14.4 Å². The molecule has 2 aromatic carbocycles. The van der Waals surface area contributed by atoms with Crippen molar-refractivity contribution >= 4 is 51.6 Å². The minimum atomic E-state index is -0.952. The van der Waals surface area contributed by atoms with Gasteiger partial charge in [0.05, 0.1) is 5.02 Å². The number of carbonyl (C=O) groups is 3. The number of benzene rings is 2. The molecule has 0 bridgehead atoms. The van der Waals surface area contributed by atoms with Crippen LogP contribution in [0.2, 0.25) is 5.02 Å². The maximum atomic E-state index is 13.3. The average molecular weight is 502 g/mol. The molecule has 4 aromatic rings. The fourth-order valence-electron chi connectivity index (χ4n) is 4.32. The summed E-state index contributed by atoms with van der Waals surface area (Å²) in [6.45, 7) is 0.696. The first kappa shape index (κ1) is 23.6. The topological polar surface area (TPSA) is 107 Å². The quantitative estimate of drug-likeness (QED) is 0.351. The van der Waals surface area contributed by atoms with Crippen molar-refractivity contribution in [2.24, 2.45) is 0 Å². The Morgan fingerprint density at radius 2 is 1.81 bits per heavy atom. The highest BCUT2D eigenvalue weighted by atomic mass is 35.5. The Kier molecular flexibility index (Phi) is 6.69. The number of nitrogens with zero attached hydrogens (tertiary/aromatic N) is 2. The van der Waals surface area contributed by atoms with Crippen LogP contribution in [0.3, 0.4) is 0 Å². The highest BCUT2D eigenvalue weighted by Crippen LogP contribution is 2.25. The Labute approximate surface area is 212 Å². The van der Waals surface area contributed by atoms with Crippen molar-refractivity contribution in [1.82, 2.24) is 15.3 Å². The number of hydrogen-bond donors (Lipinski definition) is 3. The van der Waals surface area contributed by atoms with E-state index in [-0.39, 0.29) is 5.91 Å². The maximum absolute atomic E-state index is 13.3. The first-order valence-electron chi connectivity index (χ1n) is 11.7. The fraction of sp³-hybridized carbons (Fsp3) is 0.185. The minimum absolute atomic E-state index is 0.110. The number of H-pyrrole nitrogens is 1. The lowest BCUT2D eigenvalue weighted by molar-refractivity contribution is -0.119. The normalized spacial score (nSPS) is 14.5. The molecule has 1 atom stereocenters. The van der Waals surface area contributed by atoms with Crippen molar-refractivity contribution in [3.05, 3.63) is 89.3 Å². The number of aromatic nitrogens is 2. The predicted molar refractivity (Wildman–Crippen MR) is 139 cm³/mol.